The van der Waals surface area contributed by atoms with Crippen LogP contribution in [0, 0.1) is 6.92 Å². The maximum absolute atomic E-state index is 5.69. The van der Waals surface area contributed by atoms with E-state index in [4.69, 9.17) is 14.0 Å². The molecule has 0 fully saturated rings. The van der Waals surface area contributed by atoms with E-state index in [1.54, 1.807) is 0 Å². The summed E-state index contributed by atoms with van der Waals surface area (Å²) in [6.45, 7) is 5.95. The van der Waals surface area contributed by atoms with Gasteiger partial charge in [-0.1, -0.05) is 12.1 Å². The summed E-state index contributed by atoms with van der Waals surface area (Å²) in [6.07, 6.45) is 0. The zero-order valence-corrected chi connectivity index (χ0v) is 11.7. The van der Waals surface area contributed by atoms with Crippen molar-refractivity contribution < 1.29 is 14.0 Å². The molecule has 5 heteroatoms. The molecule has 1 unspecified atom stereocenters. The van der Waals surface area contributed by atoms with E-state index in [0.29, 0.717) is 13.2 Å². The summed E-state index contributed by atoms with van der Waals surface area (Å²) >= 11 is 0. The molecule has 20 heavy (non-hydrogen) atoms. The molecule has 0 spiro atoms. The van der Waals surface area contributed by atoms with Gasteiger partial charge < -0.3 is 19.3 Å². The number of benzene rings is 1. The third-order valence-corrected chi connectivity index (χ3v) is 3.27. The minimum atomic E-state index is 0.279. The molecule has 2 aromatic rings. The van der Waals surface area contributed by atoms with Crippen LogP contribution in [0.3, 0.4) is 0 Å². The van der Waals surface area contributed by atoms with Gasteiger partial charge in [-0.2, -0.15) is 0 Å². The van der Waals surface area contributed by atoms with Crippen molar-refractivity contribution in [3.05, 3.63) is 41.3 Å². The Hall–Kier alpha value is -2.01. The number of likely N-dealkylation sites (N-methyl/N-ethyl adjacent to an activating group) is 1. The minimum Gasteiger partial charge on any atom is -0.491 e. The van der Waals surface area contributed by atoms with Crippen molar-refractivity contribution in [1.82, 2.24) is 10.5 Å². The molecule has 1 aliphatic rings. The largest absolute Gasteiger partial charge is 0.491 e. The number of hydrogen-bond donors (Lipinski definition) is 1. The van der Waals surface area contributed by atoms with Crippen molar-refractivity contribution in [1.29, 1.82) is 0 Å². The molecule has 0 saturated heterocycles. The lowest BCUT2D eigenvalue weighted by atomic mass is 10.1. The maximum Gasteiger partial charge on any atom is 0.174 e. The third-order valence-electron chi connectivity index (χ3n) is 3.27. The molecule has 0 saturated carbocycles. The van der Waals surface area contributed by atoms with E-state index in [2.05, 4.69) is 23.5 Å². The number of nitrogens with one attached hydrogen (secondary N) is 1. The topological polar surface area (TPSA) is 56.5 Å². The molecule has 5 nitrogen and oxygen atoms in total. The van der Waals surface area contributed by atoms with Gasteiger partial charge in [-0.15, -0.1) is 0 Å². The number of fused-ring (bicyclic) bond motifs is 1. The second-order valence-electron chi connectivity index (χ2n) is 4.84. The molecule has 0 bridgehead atoms. The lowest BCUT2D eigenvalue weighted by Crippen LogP contribution is -2.21. The highest BCUT2D eigenvalue weighted by atomic mass is 16.5. The van der Waals surface area contributed by atoms with E-state index in [-0.39, 0.29) is 6.04 Å². The highest BCUT2D eigenvalue weighted by Gasteiger charge is 2.23. The average Bonchev–Trinajstić information content (AvgIpc) is 3.04. The van der Waals surface area contributed by atoms with Gasteiger partial charge in [0, 0.05) is 17.7 Å². The fourth-order valence-corrected chi connectivity index (χ4v) is 2.33. The van der Waals surface area contributed by atoms with E-state index in [9.17, 15) is 0 Å². The summed E-state index contributed by atoms with van der Waals surface area (Å²) in [7, 11) is 0. The number of ether oxygens (including phenoxy) is 2. The van der Waals surface area contributed by atoms with Crippen LogP contribution in [-0.4, -0.2) is 18.3 Å². The second-order valence-corrected chi connectivity index (χ2v) is 4.84. The van der Waals surface area contributed by atoms with Crippen molar-refractivity contribution in [2.75, 3.05) is 13.2 Å². The van der Waals surface area contributed by atoms with Gasteiger partial charge in [0.2, 0.25) is 0 Å². The number of aryl methyl sites for hydroxylation is 1. The quantitative estimate of drug-likeness (QED) is 0.908. The van der Waals surface area contributed by atoms with Gasteiger partial charge in [-0.3, -0.25) is 0 Å². The fourth-order valence-electron chi connectivity index (χ4n) is 2.33. The molecular formula is C15H18N2O3. The van der Waals surface area contributed by atoms with Gasteiger partial charge in [0.15, 0.2) is 5.76 Å². The molecule has 0 aliphatic carbocycles. The van der Waals surface area contributed by atoms with Gasteiger partial charge in [0.05, 0.1) is 11.7 Å². The Morgan fingerprint density at radius 1 is 1.40 bits per heavy atom. The summed E-state index contributed by atoms with van der Waals surface area (Å²) in [4.78, 5) is 0. The zero-order chi connectivity index (χ0) is 13.9. The Bertz CT molecular complexity index is 595. The summed E-state index contributed by atoms with van der Waals surface area (Å²) in [6, 6.07) is 8.08. The van der Waals surface area contributed by atoms with Gasteiger partial charge in [-0.05, 0) is 25.6 Å². The molecular weight excluding hydrogens is 256 g/mol. The molecule has 2 heterocycles. The monoisotopic (exact) mass is 274 g/mol. The second kappa shape index (κ2) is 5.54. The van der Waals surface area contributed by atoms with Crippen LogP contribution < -0.4 is 14.8 Å². The van der Waals surface area contributed by atoms with Crippen LogP contribution in [0.1, 0.15) is 30.0 Å². The highest BCUT2D eigenvalue weighted by Crippen LogP contribution is 2.35. The Balaban J connectivity index is 1.67. The Kier molecular flexibility index (Phi) is 3.60. The van der Waals surface area contributed by atoms with Crippen molar-refractivity contribution in [2.45, 2.75) is 26.5 Å². The molecule has 3 rings (SSSR count). The van der Waals surface area contributed by atoms with Crippen LogP contribution in [0.15, 0.2) is 28.8 Å². The molecule has 1 atom stereocenters. The van der Waals surface area contributed by atoms with Crippen molar-refractivity contribution in [3.8, 4) is 11.5 Å². The summed E-state index contributed by atoms with van der Waals surface area (Å²) in [5.74, 6) is 2.38. The normalized spacial score (nSPS) is 16.8. The standard InChI is InChI=1S/C15H18N2O3/c1-3-16-14-9-19-15-7-11(4-5-13(14)15)18-8-12-6-10(2)17-20-12/h4-7,14,16H,3,8-9H2,1-2H3. The number of hydrogen-bond acceptors (Lipinski definition) is 5. The van der Waals surface area contributed by atoms with Crippen molar-refractivity contribution in [2.24, 2.45) is 0 Å². The first kappa shape index (κ1) is 13.0. The van der Waals surface area contributed by atoms with Gasteiger partial charge in [0.25, 0.3) is 0 Å². The summed E-state index contributed by atoms with van der Waals surface area (Å²) in [5, 5.41) is 7.22. The molecule has 1 aromatic carbocycles. The maximum atomic E-state index is 5.69. The lowest BCUT2D eigenvalue weighted by molar-refractivity contribution is 0.247. The van der Waals surface area contributed by atoms with Crippen LogP contribution in [0.25, 0.3) is 0 Å². The molecule has 0 amide bonds. The Morgan fingerprint density at radius 2 is 2.30 bits per heavy atom. The Morgan fingerprint density at radius 3 is 3.05 bits per heavy atom. The predicted molar refractivity (Wildman–Crippen MR) is 73.9 cm³/mol. The van der Waals surface area contributed by atoms with Crippen LogP contribution >= 0.6 is 0 Å². The third kappa shape index (κ3) is 2.63. The van der Waals surface area contributed by atoms with E-state index < -0.39 is 0 Å². The van der Waals surface area contributed by atoms with Crippen molar-refractivity contribution >= 4 is 0 Å². The fraction of sp³-hybridized carbons (Fsp3) is 0.400. The molecule has 0 radical (unpaired) electrons. The van der Waals surface area contributed by atoms with E-state index in [1.165, 1.54) is 5.56 Å². The Labute approximate surface area is 117 Å². The van der Waals surface area contributed by atoms with Crippen molar-refractivity contribution in [3.63, 3.8) is 0 Å². The molecule has 1 N–H and O–H groups in total. The first-order valence-electron chi connectivity index (χ1n) is 6.81. The first-order chi connectivity index (χ1) is 9.76. The van der Waals surface area contributed by atoms with E-state index in [0.717, 1.165) is 29.5 Å². The average molecular weight is 274 g/mol. The lowest BCUT2D eigenvalue weighted by Gasteiger charge is -2.09. The SMILES string of the molecule is CCNC1COc2cc(OCc3cc(C)no3)ccc21. The minimum absolute atomic E-state index is 0.279. The van der Waals surface area contributed by atoms with Gasteiger partial charge in [-0.25, -0.2) is 0 Å². The van der Waals surface area contributed by atoms with Crippen LogP contribution in [0.5, 0.6) is 11.5 Å². The van der Waals surface area contributed by atoms with Gasteiger partial charge >= 0.3 is 0 Å². The van der Waals surface area contributed by atoms with Crippen LogP contribution in [0.2, 0.25) is 0 Å². The molecule has 1 aliphatic heterocycles. The van der Waals surface area contributed by atoms with E-state index in [1.807, 2.05) is 25.1 Å². The number of rotatable bonds is 5. The molecule has 1 aromatic heterocycles. The summed E-state index contributed by atoms with van der Waals surface area (Å²) < 4.78 is 16.5. The number of nitrogens with zero attached hydrogens (tertiary/aromatic N) is 1. The molecule has 106 valence electrons. The number of aromatic nitrogens is 1. The van der Waals surface area contributed by atoms with E-state index >= 15 is 0 Å². The van der Waals surface area contributed by atoms with Crippen LogP contribution in [0.4, 0.5) is 0 Å². The predicted octanol–water partition coefficient (Wildman–Crippen LogP) is 2.61. The van der Waals surface area contributed by atoms with Crippen LogP contribution in [-0.2, 0) is 6.61 Å². The van der Waals surface area contributed by atoms with Gasteiger partial charge in [0.1, 0.15) is 24.7 Å². The zero-order valence-electron chi connectivity index (χ0n) is 11.7. The summed E-state index contributed by atoms with van der Waals surface area (Å²) in [5.41, 5.74) is 2.05. The first-order valence-corrected chi connectivity index (χ1v) is 6.81. The smallest absolute Gasteiger partial charge is 0.174 e. The highest BCUT2D eigenvalue weighted by molar-refractivity contribution is 5.45.